The molecule has 1 unspecified atom stereocenters. The van der Waals surface area contributed by atoms with Gasteiger partial charge in [-0.25, -0.2) is 4.98 Å². The van der Waals surface area contributed by atoms with Gasteiger partial charge >= 0.3 is 6.18 Å². The SMILES string of the molecule is O=C(c1ccc(OCC(F)(F)F)nc1)N1CCNCC1c1cccc(Cl)c1. The molecule has 1 aliphatic rings. The second-order valence-electron chi connectivity index (χ2n) is 6.06. The van der Waals surface area contributed by atoms with Crippen LogP contribution in [-0.2, 0) is 0 Å². The Bertz CT molecular complexity index is 799. The lowest BCUT2D eigenvalue weighted by Crippen LogP contribution is -2.48. The van der Waals surface area contributed by atoms with Gasteiger partial charge in [0, 0.05) is 36.9 Å². The first-order valence-electron chi connectivity index (χ1n) is 8.26. The van der Waals surface area contributed by atoms with Gasteiger partial charge in [-0.15, -0.1) is 0 Å². The minimum absolute atomic E-state index is 0.185. The van der Waals surface area contributed by atoms with E-state index in [4.69, 9.17) is 11.6 Å². The highest BCUT2D eigenvalue weighted by molar-refractivity contribution is 6.30. The number of hydrogen-bond acceptors (Lipinski definition) is 4. The van der Waals surface area contributed by atoms with E-state index in [9.17, 15) is 18.0 Å². The third-order valence-corrected chi connectivity index (χ3v) is 4.34. The third-order valence-electron chi connectivity index (χ3n) is 4.10. The highest BCUT2D eigenvalue weighted by Crippen LogP contribution is 2.26. The van der Waals surface area contributed by atoms with Crippen LogP contribution in [0.4, 0.5) is 13.2 Å². The maximum absolute atomic E-state index is 12.9. The van der Waals surface area contributed by atoms with Crippen molar-refractivity contribution in [2.24, 2.45) is 0 Å². The average molecular weight is 400 g/mol. The van der Waals surface area contributed by atoms with Crippen LogP contribution in [0.1, 0.15) is 22.0 Å². The van der Waals surface area contributed by atoms with Crippen molar-refractivity contribution >= 4 is 17.5 Å². The second-order valence-corrected chi connectivity index (χ2v) is 6.50. The van der Waals surface area contributed by atoms with E-state index in [-0.39, 0.29) is 23.4 Å². The summed E-state index contributed by atoms with van der Waals surface area (Å²) in [6.45, 7) is 0.277. The molecule has 2 aromatic rings. The van der Waals surface area contributed by atoms with Gasteiger partial charge in [0.2, 0.25) is 5.88 Å². The molecule has 2 heterocycles. The summed E-state index contributed by atoms with van der Waals surface area (Å²) in [5, 5.41) is 3.83. The van der Waals surface area contributed by atoms with Crippen molar-refractivity contribution in [1.29, 1.82) is 0 Å². The smallest absolute Gasteiger partial charge is 0.422 e. The molecule has 1 atom stereocenters. The van der Waals surface area contributed by atoms with Crippen molar-refractivity contribution in [3.63, 3.8) is 0 Å². The molecule has 1 aromatic carbocycles. The van der Waals surface area contributed by atoms with E-state index in [1.807, 2.05) is 18.2 Å². The fraction of sp³-hybridized carbons (Fsp3) is 0.333. The largest absolute Gasteiger partial charge is 0.468 e. The minimum Gasteiger partial charge on any atom is -0.468 e. The number of nitrogens with one attached hydrogen (secondary N) is 1. The summed E-state index contributed by atoms with van der Waals surface area (Å²) in [5.74, 6) is -0.438. The Kier molecular flexibility index (Phi) is 5.86. The molecular formula is C18H17ClF3N3O2. The molecule has 144 valence electrons. The number of hydrogen-bond donors (Lipinski definition) is 1. The van der Waals surface area contributed by atoms with Crippen LogP contribution in [-0.4, -0.2) is 48.2 Å². The van der Waals surface area contributed by atoms with Crippen LogP contribution in [0.3, 0.4) is 0 Å². The maximum Gasteiger partial charge on any atom is 0.422 e. The average Bonchev–Trinajstić information content (AvgIpc) is 2.66. The van der Waals surface area contributed by atoms with Crippen molar-refractivity contribution in [1.82, 2.24) is 15.2 Å². The molecule has 1 saturated heterocycles. The van der Waals surface area contributed by atoms with E-state index in [2.05, 4.69) is 15.0 Å². The molecule has 0 saturated carbocycles. The maximum atomic E-state index is 12.9. The van der Waals surface area contributed by atoms with Crippen molar-refractivity contribution in [2.75, 3.05) is 26.2 Å². The molecular weight excluding hydrogens is 383 g/mol. The monoisotopic (exact) mass is 399 g/mol. The van der Waals surface area contributed by atoms with Gasteiger partial charge < -0.3 is 15.0 Å². The molecule has 1 fully saturated rings. The Morgan fingerprint density at radius 2 is 2.15 bits per heavy atom. The normalized spacial score (nSPS) is 17.6. The fourth-order valence-corrected chi connectivity index (χ4v) is 3.07. The number of ether oxygens (including phenoxy) is 1. The van der Waals surface area contributed by atoms with E-state index >= 15 is 0 Å². The number of benzene rings is 1. The molecule has 0 spiro atoms. The predicted molar refractivity (Wildman–Crippen MR) is 93.9 cm³/mol. The number of alkyl halides is 3. The lowest BCUT2D eigenvalue weighted by molar-refractivity contribution is -0.154. The van der Waals surface area contributed by atoms with Crippen molar-refractivity contribution < 1.29 is 22.7 Å². The molecule has 5 nitrogen and oxygen atoms in total. The van der Waals surface area contributed by atoms with E-state index in [1.165, 1.54) is 18.3 Å². The Balaban J connectivity index is 1.75. The standard InChI is InChI=1S/C18H17ClF3N3O2/c19-14-3-1-2-12(8-14)15-10-23-6-7-25(15)17(26)13-4-5-16(24-9-13)27-11-18(20,21)22/h1-5,8-9,15,23H,6-7,10-11H2. The number of pyridine rings is 1. The Morgan fingerprint density at radius 1 is 1.33 bits per heavy atom. The van der Waals surface area contributed by atoms with Crippen molar-refractivity contribution in [3.05, 3.63) is 58.7 Å². The number of halogens is 4. The van der Waals surface area contributed by atoms with E-state index < -0.39 is 12.8 Å². The van der Waals surface area contributed by atoms with Crippen molar-refractivity contribution in [3.8, 4) is 5.88 Å². The molecule has 27 heavy (non-hydrogen) atoms. The minimum atomic E-state index is -4.44. The van der Waals surface area contributed by atoms with Gasteiger partial charge in [-0.2, -0.15) is 13.2 Å². The highest BCUT2D eigenvalue weighted by Gasteiger charge is 2.30. The lowest BCUT2D eigenvalue weighted by atomic mass is 10.0. The number of carbonyl (C=O) groups excluding carboxylic acids is 1. The zero-order chi connectivity index (χ0) is 19.4. The highest BCUT2D eigenvalue weighted by atomic mass is 35.5. The van der Waals surface area contributed by atoms with E-state index in [1.54, 1.807) is 11.0 Å². The summed E-state index contributed by atoms with van der Waals surface area (Å²) in [7, 11) is 0. The van der Waals surface area contributed by atoms with Gasteiger partial charge in [0.25, 0.3) is 5.91 Å². The number of nitrogens with zero attached hydrogens (tertiary/aromatic N) is 2. The number of aromatic nitrogens is 1. The van der Waals surface area contributed by atoms with Gasteiger partial charge in [-0.3, -0.25) is 4.79 Å². The van der Waals surface area contributed by atoms with Gasteiger partial charge in [0.15, 0.2) is 6.61 Å². The summed E-state index contributed by atoms with van der Waals surface area (Å²) in [6.07, 6.45) is -3.22. The number of amides is 1. The van der Waals surface area contributed by atoms with Gasteiger partial charge in [0.05, 0.1) is 11.6 Å². The number of carbonyl (C=O) groups is 1. The first-order valence-corrected chi connectivity index (χ1v) is 8.64. The molecule has 3 rings (SSSR count). The van der Waals surface area contributed by atoms with Crippen LogP contribution in [0.25, 0.3) is 0 Å². The van der Waals surface area contributed by atoms with Crippen LogP contribution < -0.4 is 10.1 Å². The molecule has 1 N–H and O–H groups in total. The van der Waals surface area contributed by atoms with Crippen LogP contribution in [0.5, 0.6) is 5.88 Å². The third kappa shape index (κ3) is 5.11. The van der Waals surface area contributed by atoms with Crippen molar-refractivity contribution in [2.45, 2.75) is 12.2 Å². The Labute approximate surface area is 159 Å². The Hall–Kier alpha value is -2.32. The van der Waals surface area contributed by atoms with Gasteiger partial charge in [0.1, 0.15) is 0 Å². The van der Waals surface area contributed by atoms with Crippen LogP contribution >= 0.6 is 11.6 Å². The summed E-state index contributed by atoms with van der Waals surface area (Å²) >= 11 is 6.06. The van der Waals surface area contributed by atoms with Crippen LogP contribution in [0.15, 0.2) is 42.6 Å². The molecule has 1 aromatic heterocycles. The van der Waals surface area contributed by atoms with Crippen LogP contribution in [0.2, 0.25) is 5.02 Å². The summed E-state index contributed by atoms with van der Waals surface area (Å²) in [6, 6.07) is 9.77. The molecule has 1 aliphatic heterocycles. The van der Waals surface area contributed by atoms with E-state index in [0.717, 1.165) is 5.56 Å². The molecule has 0 aliphatic carbocycles. The number of rotatable bonds is 4. The Morgan fingerprint density at radius 3 is 2.81 bits per heavy atom. The first-order chi connectivity index (χ1) is 12.8. The van der Waals surface area contributed by atoms with Gasteiger partial charge in [-0.05, 0) is 23.8 Å². The van der Waals surface area contributed by atoms with E-state index in [0.29, 0.717) is 24.7 Å². The number of piperazine rings is 1. The molecule has 9 heteroatoms. The summed E-state index contributed by atoms with van der Waals surface area (Å²) in [5.41, 5.74) is 1.18. The molecule has 0 bridgehead atoms. The summed E-state index contributed by atoms with van der Waals surface area (Å²) < 4.78 is 41.2. The zero-order valence-electron chi connectivity index (χ0n) is 14.2. The zero-order valence-corrected chi connectivity index (χ0v) is 14.9. The quantitative estimate of drug-likeness (QED) is 0.855. The first kappa shape index (κ1) is 19.4. The summed E-state index contributed by atoms with van der Waals surface area (Å²) in [4.78, 5) is 18.4. The topological polar surface area (TPSA) is 54.5 Å². The molecule has 0 radical (unpaired) electrons. The molecule has 1 amide bonds. The van der Waals surface area contributed by atoms with Crippen LogP contribution in [0, 0.1) is 0 Å². The lowest BCUT2D eigenvalue weighted by Gasteiger charge is -2.36. The fourth-order valence-electron chi connectivity index (χ4n) is 2.87. The predicted octanol–water partition coefficient (Wildman–Crippen LogP) is 3.46. The second kappa shape index (κ2) is 8.14. The van der Waals surface area contributed by atoms with Gasteiger partial charge in [-0.1, -0.05) is 23.7 Å².